The standard InChI is InChI=1S/C22H34N4O2/c1-18(20-7-9-23-10-8-20)15-22(28)26-13-11-25(12-14-26)17-21(27)24-16-19-5-3-2-4-6-19/h2-6,18,20,23H,7-17H2,1H3,(H,24,27). The predicted molar refractivity (Wildman–Crippen MR) is 111 cm³/mol. The molecule has 2 fully saturated rings. The monoisotopic (exact) mass is 386 g/mol. The van der Waals surface area contributed by atoms with Crippen molar-refractivity contribution in [3.63, 3.8) is 0 Å². The van der Waals surface area contributed by atoms with E-state index in [1.54, 1.807) is 0 Å². The molecular weight excluding hydrogens is 352 g/mol. The first-order valence-corrected chi connectivity index (χ1v) is 10.6. The molecular formula is C22H34N4O2. The second-order valence-corrected chi connectivity index (χ2v) is 8.19. The van der Waals surface area contributed by atoms with Crippen LogP contribution in [0.15, 0.2) is 30.3 Å². The highest BCUT2D eigenvalue weighted by Crippen LogP contribution is 2.25. The molecule has 2 amide bonds. The van der Waals surface area contributed by atoms with Crippen LogP contribution in [0.2, 0.25) is 0 Å². The Morgan fingerprint density at radius 2 is 1.79 bits per heavy atom. The zero-order valence-electron chi connectivity index (χ0n) is 17.0. The van der Waals surface area contributed by atoms with Crippen molar-refractivity contribution in [1.29, 1.82) is 0 Å². The predicted octanol–water partition coefficient (Wildman–Crippen LogP) is 1.47. The second-order valence-electron chi connectivity index (χ2n) is 8.19. The Balaban J connectivity index is 1.34. The van der Waals surface area contributed by atoms with Crippen molar-refractivity contribution < 1.29 is 9.59 Å². The van der Waals surface area contributed by atoms with Crippen LogP contribution in [0.25, 0.3) is 0 Å². The van der Waals surface area contributed by atoms with Crippen molar-refractivity contribution in [3.05, 3.63) is 35.9 Å². The number of benzene rings is 1. The second kappa shape index (κ2) is 10.6. The molecule has 0 spiro atoms. The lowest BCUT2D eigenvalue weighted by atomic mass is 9.84. The lowest BCUT2D eigenvalue weighted by Crippen LogP contribution is -2.51. The number of piperidine rings is 1. The van der Waals surface area contributed by atoms with E-state index in [-0.39, 0.29) is 11.8 Å². The van der Waals surface area contributed by atoms with E-state index in [1.807, 2.05) is 35.2 Å². The van der Waals surface area contributed by atoms with Gasteiger partial charge in [0.2, 0.25) is 11.8 Å². The molecule has 0 bridgehead atoms. The van der Waals surface area contributed by atoms with Gasteiger partial charge in [-0.15, -0.1) is 0 Å². The third kappa shape index (κ3) is 6.31. The largest absolute Gasteiger partial charge is 0.351 e. The van der Waals surface area contributed by atoms with Crippen LogP contribution in [0.1, 0.15) is 31.7 Å². The maximum atomic E-state index is 12.7. The summed E-state index contributed by atoms with van der Waals surface area (Å²) in [7, 11) is 0. The SMILES string of the molecule is CC(CC(=O)N1CCN(CC(=O)NCc2ccccc2)CC1)C1CCNCC1. The minimum atomic E-state index is 0.0446. The van der Waals surface area contributed by atoms with Crippen LogP contribution in [0.3, 0.4) is 0 Å². The smallest absolute Gasteiger partial charge is 0.234 e. The summed E-state index contributed by atoms with van der Waals surface area (Å²) in [5.41, 5.74) is 1.11. The minimum Gasteiger partial charge on any atom is -0.351 e. The first-order chi connectivity index (χ1) is 13.6. The number of hydrogen-bond acceptors (Lipinski definition) is 4. The summed E-state index contributed by atoms with van der Waals surface area (Å²) in [5.74, 6) is 1.44. The first-order valence-electron chi connectivity index (χ1n) is 10.6. The molecule has 2 aliphatic rings. The number of nitrogens with zero attached hydrogens (tertiary/aromatic N) is 2. The van der Waals surface area contributed by atoms with Crippen molar-refractivity contribution in [2.75, 3.05) is 45.8 Å². The van der Waals surface area contributed by atoms with Crippen LogP contribution in [-0.2, 0) is 16.1 Å². The third-order valence-corrected chi connectivity index (χ3v) is 6.11. The molecule has 6 nitrogen and oxygen atoms in total. The van der Waals surface area contributed by atoms with Gasteiger partial charge in [-0.05, 0) is 43.3 Å². The molecule has 0 aromatic heterocycles. The van der Waals surface area contributed by atoms with E-state index in [9.17, 15) is 9.59 Å². The molecule has 1 unspecified atom stereocenters. The van der Waals surface area contributed by atoms with Gasteiger partial charge in [0.1, 0.15) is 0 Å². The van der Waals surface area contributed by atoms with Crippen LogP contribution in [0.4, 0.5) is 0 Å². The number of carbonyl (C=O) groups is 2. The lowest BCUT2D eigenvalue weighted by Gasteiger charge is -2.36. The lowest BCUT2D eigenvalue weighted by molar-refractivity contribution is -0.134. The average molecular weight is 387 g/mol. The Morgan fingerprint density at radius 3 is 2.46 bits per heavy atom. The van der Waals surface area contributed by atoms with Crippen molar-refractivity contribution in [1.82, 2.24) is 20.4 Å². The summed E-state index contributed by atoms with van der Waals surface area (Å²) >= 11 is 0. The van der Waals surface area contributed by atoms with Gasteiger partial charge in [-0.3, -0.25) is 14.5 Å². The Kier molecular flexibility index (Phi) is 7.86. The molecule has 1 aromatic rings. The Hall–Kier alpha value is -1.92. The van der Waals surface area contributed by atoms with Crippen LogP contribution in [-0.4, -0.2) is 67.4 Å². The van der Waals surface area contributed by atoms with Crippen molar-refractivity contribution in [2.45, 2.75) is 32.7 Å². The van der Waals surface area contributed by atoms with Gasteiger partial charge in [-0.1, -0.05) is 37.3 Å². The average Bonchev–Trinajstić information content (AvgIpc) is 2.74. The van der Waals surface area contributed by atoms with Crippen molar-refractivity contribution in [2.24, 2.45) is 11.8 Å². The normalized spacial score (nSPS) is 20.0. The molecule has 6 heteroatoms. The molecule has 0 aliphatic carbocycles. The van der Waals surface area contributed by atoms with E-state index in [4.69, 9.17) is 0 Å². The number of piperazine rings is 1. The van der Waals surface area contributed by atoms with Crippen molar-refractivity contribution in [3.8, 4) is 0 Å². The molecule has 28 heavy (non-hydrogen) atoms. The summed E-state index contributed by atoms with van der Waals surface area (Å²) in [6, 6.07) is 9.94. The van der Waals surface area contributed by atoms with E-state index in [1.165, 1.54) is 12.8 Å². The first kappa shape index (κ1) is 20.8. The van der Waals surface area contributed by atoms with Crippen LogP contribution in [0, 0.1) is 11.8 Å². The molecule has 1 aromatic carbocycles. The van der Waals surface area contributed by atoms with Gasteiger partial charge in [-0.25, -0.2) is 0 Å². The molecule has 0 radical (unpaired) electrons. The highest BCUT2D eigenvalue weighted by Gasteiger charge is 2.26. The number of amides is 2. The van der Waals surface area contributed by atoms with Gasteiger partial charge < -0.3 is 15.5 Å². The van der Waals surface area contributed by atoms with Gasteiger partial charge in [-0.2, -0.15) is 0 Å². The molecule has 1 atom stereocenters. The maximum absolute atomic E-state index is 12.7. The third-order valence-electron chi connectivity index (χ3n) is 6.11. The van der Waals surface area contributed by atoms with Crippen LogP contribution >= 0.6 is 0 Å². The molecule has 2 N–H and O–H groups in total. The van der Waals surface area contributed by atoms with Gasteiger partial charge in [0.25, 0.3) is 0 Å². The van der Waals surface area contributed by atoms with E-state index in [2.05, 4.69) is 22.5 Å². The Morgan fingerprint density at radius 1 is 1.11 bits per heavy atom. The summed E-state index contributed by atoms with van der Waals surface area (Å²) < 4.78 is 0. The topological polar surface area (TPSA) is 64.7 Å². The molecule has 0 saturated carbocycles. The highest BCUT2D eigenvalue weighted by molar-refractivity contribution is 5.78. The Labute approximate surface area is 168 Å². The van der Waals surface area contributed by atoms with Crippen LogP contribution < -0.4 is 10.6 Å². The minimum absolute atomic E-state index is 0.0446. The molecule has 2 saturated heterocycles. The van der Waals surface area contributed by atoms with Gasteiger partial charge >= 0.3 is 0 Å². The van der Waals surface area contributed by atoms with E-state index < -0.39 is 0 Å². The zero-order chi connectivity index (χ0) is 19.8. The van der Waals surface area contributed by atoms with E-state index in [0.717, 1.165) is 44.8 Å². The fourth-order valence-corrected chi connectivity index (χ4v) is 4.20. The molecule has 154 valence electrons. The Bertz CT molecular complexity index is 623. The molecule has 2 aliphatic heterocycles. The van der Waals surface area contributed by atoms with Gasteiger partial charge in [0.05, 0.1) is 6.54 Å². The summed E-state index contributed by atoms with van der Waals surface area (Å²) in [4.78, 5) is 29.0. The van der Waals surface area contributed by atoms with Gasteiger partial charge in [0.15, 0.2) is 0 Å². The fourth-order valence-electron chi connectivity index (χ4n) is 4.20. The number of nitrogens with one attached hydrogen (secondary N) is 2. The molecule has 2 heterocycles. The van der Waals surface area contributed by atoms with Gasteiger partial charge in [0, 0.05) is 39.1 Å². The molecule has 3 rings (SSSR count). The quantitative estimate of drug-likeness (QED) is 0.745. The number of carbonyl (C=O) groups excluding carboxylic acids is 2. The number of hydrogen-bond donors (Lipinski definition) is 2. The fraction of sp³-hybridized carbons (Fsp3) is 0.636. The zero-order valence-corrected chi connectivity index (χ0v) is 17.0. The van der Waals surface area contributed by atoms with E-state index >= 15 is 0 Å². The number of rotatable bonds is 7. The van der Waals surface area contributed by atoms with Crippen LogP contribution in [0.5, 0.6) is 0 Å². The summed E-state index contributed by atoms with van der Waals surface area (Å²) in [5, 5.41) is 6.37. The highest BCUT2D eigenvalue weighted by atomic mass is 16.2. The summed E-state index contributed by atoms with van der Waals surface area (Å²) in [6.07, 6.45) is 3.02. The van der Waals surface area contributed by atoms with E-state index in [0.29, 0.717) is 31.3 Å². The maximum Gasteiger partial charge on any atom is 0.234 e. The van der Waals surface area contributed by atoms with Crippen molar-refractivity contribution >= 4 is 11.8 Å². The summed E-state index contributed by atoms with van der Waals surface area (Å²) in [6.45, 7) is 8.34.